The molecule has 3 rings (SSSR count). The molecule has 0 bridgehead atoms. The molecule has 72 valence electrons. The fraction of sp³-hybridized carbons (Fsp3) is 0.364. The Hall–Kier alpha value is -1.51. The Balaban J connectivity index is 2.13. The van der Waals surface area contributed by atoms with E-state index in [4.69, 9.17) is 4.42 Å². The summed E-state index contributed by atoms with van der Waals surface area (Å²) < 4.78 is 7.35. The summed E-state index contributed by atoms with van der Waals surface area (Å²) in [5.74, 6) is 0.745. The Morgan fingerprint density at radius 1 is 1.57 bits per heavy atom. The summed E-state index contributed by atoms with van der Waals surface area (Å²) in [5.41, 5.74) is 1.56. The van der Waals surface area contributed by atoms with E-state index in [1.807, 2.05) is 16.7 Å². The van der Waals surface area contributed by atoms with E-state index in [-0.39, 0.29) is 0 Å². The Bertz CT molecular complexity index is 476. The average Bonchev–Trinajstić information content (AvgIpc) is 2.77. The van der Waals surface area contributed by atoms with Gasteiger partial charge >= 0.3 is 0 Å². The third-order valence-corrected chi connectivity index (χ3v) is 2.79. The number of rotatable bonds is 3. The third kappa shape index (κ3) is 1.09. The van der Waals surface area contributed by atoms with Crippen molar-refractivity contribution in [1.29, 1.82) is 0 Å². The van der Waals surface area contributed by atoms with Crippen LogP contribution < -0.4 is 0 Å². The van der Waals surface area contributed by atoms with Crippen LogP contribution in [0.2, 0.25) is 0 Å². The molecule has 0 N–H and O–H groups in total. The number of fused-ring (bicyclic) bond motifs is 1. The Morgan fingerprint density at radius 2 is 2.43 bits per heavy atom. The first-order chi connectivity index (χ1) is 6.88. The van der Waals surface area contributed by atoms with Crippen LogP contribution in [0.5, 0.6) is 0 Å². The van der Waals surface area contributed by atoms with Crippen molar-refractivity contribution >= 4 is 17.4 Å². The standard InChI is InChI=1S/C11H11NO2/c13-7-10-5-9-3-4-14-11(9)12(10)6-8-1-2-8/h3-5,7-8H,1-2,6H2. The maximum Gasteiger partial charge on any atom is 0.207 e. The van der Waals surface area contributed by atoms with Crippen LogP contribution in [0.4, 0.5) is 0 Å². The second kappa shape index (κ2) is 2.74. The van der Waals surface area contributed by atoms with E-state index >= 15 is 0 Å². The lowest BCUT2D eigenvalue weighted by Gasteiger charge is -2.02. The van der Waals surface area contributed by atoms with Crippen molar-refractivity contribution in [3.63, 3.8) is 0 Å². The summed E-state index contributed by atoms with van der Waals surface area (Å²) in [5, 5.41) is 1.02. The van der Waals surface area contributed by atoms with E-state index in [1.54, 1.807) is 6.26 Å². The minimum atomic E-state index is 0.728. The molecule has 0 radical (unpaired) electrons. The van der Waals surface area contributed by atoms with Gasteiger partial charge in [0, 0.05) is 11.9 Å². The van der Waals surface area contributed by atoms with Crippen molar-refractivity contribution in [2.45, 2.75) is 19.4 Å². The molecule has 3 nitrogen and oxygen atoms in total. The summed E-state index contributed by atoms with van der Waals surface area (Å²) in [4.78, 5) is 10.8. The lowest BCUT2D eigenvalue weighted by molar-refractivity contribution is 0.111. The highest BCUT2D eigenvalue weighted by atomic mass is 16.3. The van der Waals surface area contributed by atoms with Gasteiger partial charge in [-0.2, -0.15) is 0 Å². The summed E-state index contributed by atoms with van der Waals surface area (Å²) in [6, 6.07) is 3.78. The van der Waals surface area contributed by atoms with Crippen LogP contribution in [0.15, 0.2) is 22.8 Å². The molecular formula is C11H11NO2. The maximum atomic E-state index is 10.8. The summed E-state index contributed by atoms with van der Waals surface area (Å²) in [6.07, 6.45) is 5.12. The minimum Gasteiger partial charge on any atom is -0.448 e. The first kappa shape index (κ1) is 7.85. The molecule has 1 aliphatic rings. The zero-order chi connectivity index (χ0) is 9.54. The van der Waals surface area contributed by atoms with Gasteiger partial charge in [-0.1, -0.05) is 0 Å². The molecule has 2 aromatic heterocycles. The smallest absolute Gasteiger partial charge is 0.207 e. The van der Waals surface area contributed by atoms with E-state index in [2.05, 4.69) is 0 Å². The summed E-state index contributed by atoms with van der Waals surface area (Å²) >= 11 is 0. The molecule has 3 heteroatoms. The van der Waals surface area contributed by atoms with Gasteiger partial charge in [0.25, 0.3) is 0 Å². The van der Waals surface area contributed by atoms with Crippen LogP contribution >= 0.6 is 0 Å². The second-order valence-corrected chi connectivity index (χ2v) is 3.92. The molecule has 0 unspecified atom stereocenters. The largest absolute Gasteiger partial charge is 0.448 e. The predicted molar refractivity (Wildman–Crippen MR) is 52.3 cm³/mol. The lowest BCUT2D eigenvalue weighted by Crippen LogP contribution is -2.02. The predicted octanol–water partition coefficient (Wildman–Crippen LogP) is 2.46. The summed E-state index contributed by atoms with van der Waals surface area (Å²) in [6.45, 7) is 0.922. The normalized spacial score (nSPS) is 16.3. The molecule has 2 aromatic rings. The second-order valence-electron chi connectivity index (χ2n) is 3.92. The molecule has 2 heterocycles. The lowest BCUT2D eigenvalue weighted by atomic mass is 10.4. The van der Waals surface area contributed by atoms with Gasteiger partial charge in [0.15, 0.2) is 6.29 Å². The van der Waals surface area contributed by atoms with Crippen LogP contribution in [-0.4, -0.2) is 10.9 Å². The number of furan rings is 1. The molecule has 0 saturated heterocycles. The highest BCUT2D eigenvalue weighted by Crippen LogP contribution is 2.33. The first-order valence-electron chi connectivity index (χ1n) is 4.90. The third-order valence-electron chi connectivity index (χ3n) is 2.79. The van der Waals surface area contributed by atoms with Gasteiger partial charge in [0.2, 0.25) is 5.71 Å². The fourth-order valence-electron chi connectivity index (χ4n) is 1.84. The molecule has 0 atom stereocenters. The van der Waals surface area contributed by atoms with Crippen LogP contribution in [0, 0.1) is 5.92 Å². The maximum absolute atomic E-state index is 10.8. The topological polar surface area (TPSA) is 35.1 Å². The van der Waals surface area contributed by atoms with Crippen molar-refractivity contribution in [2.75, 3.05) is 0 Å². The Morgan fingerprint density at radius 3 is 3.14 bits per heavy atom. The highest BCUT2D eigenvalue weighted by molar-refractivity contribution is 5.85. The molecule has 1 fully saturated rings. The Labute approximate surface area is 81.3 Å². The molecule has 1 aliphatic carbocycles. The monoisotopic (exact) mass is 189 g/mol. The number of nitrogens with zero attached hydrogens (tertiary/aromatic N) is 1. The molecule has 0 amide bonds. The fourth-order valence-corrected chi connectivity index (χ4v) is 1.84. The number of hydrogen-bond acceptors (Lipinski definition) is 2. The van der Waals surface area contributed by atoms with Crippen LogP contribution in [0.25, 0.3) is 11.1 Å². The van der Waals surface area contributed by atoms with Gasteiger partial charge in [-0.15, -0.1) is 0 Å². The number of hydrogen-bond donors (Lipinski definition) is 0. The van der Waals surface area contributed by atoms with Gasteiger partial charge in [-0.3, -0.25) is 4.79 Å². The van der Waals surface area contributed by atoms with Crippen molar-refractivity contribution < 1.29 is 9.21 Å². The number of aldehydes is 1. The quantitative estimate of drug-likeness (QED) is 0.695. The van der Waals surface area contributed by atoms with Crippen molar-refractivity contribution in [3.05, 3.63) is 24.1 Å². The van der Waals surface area contributed by atoms with Crippen LogP contribution in [0.3, 0.4) is 0 Å². The summed E-state index contributed by atoms with van der Waals surface area (Å²) in [7, 11) is 0. The molecule has 0 aliphatic heterocycles. The first-order valence-corrected chi connectivity index (χ1v) is 4.90. The molecular weight excluding hydrogens is 178 g/mol. The van der Waals surface area contributed by atoms with E-state index in [9.17, 15) is 4.79 Å². The zero-order valence-electron chi connectivity index (χ0n) is 7.77. The minimum absolute atomic E-state index is 0.728. The molecule has 0 spiro atoms. The van der Waals surface area contributed by atoms with Gasteiger partial charge in [0.1, 0.15) is 0 Å². The van der Waals surface area contributed by atoms with E-state index in [0.717, 1.165) is 35.5 Å². The Kier molecular flexibility index (Phi) is 1.54. The van der Waals surface area contributed by atoms with Crippen LogP contribution in [0.1, 0.15) is 23.3 Å². The van der Waals surface area contributed by atoms with Gasteiger partial charge in [-0.25, -0.2) is 0 Å². The van der Waals surface area contributed by atoms with Crippen molar-refractivity contribution in [1.82, 2.24) is 4.57 Å². The molecule has 0 aromatic carbocycles. The van der Waals surface area contributed by atoms with Crippen molar-refractivity contribution in [2.24, 2.45) is 5.92 Å². The van der Waals surface area contributed by atoms with Gasteiger partial charge in [0.05, 0.1) is 12.0 Å². The average molecular weight is 189 g/mol. The van der Waals surface area contributed by atoms with Crippen LogP contribution in [-0.2, 0) is 6.54 Å². The number of aromatic nitrogens is 1. The number of carbonyl (C=O) groups is 1. The molecule has 14 heavy (non-hydrogen) atoms. The van der Waals surface area contributed by atoms with Gasteiger partial charge < -0.3 is 8.98 Å². The number of carbonyl (C=O) groups excluding carboxylic acids is 1. The van der Waals surface area contributed by atoms with E-state index < -0.39 is 0 Å². The van der Waals surface area contributed by atoms with E-state index in [1.165, 1.54) is 12.8 Å². The SMILES string of the molecule is O=Cc1cc2ccoc2n1CC1CC1. The van der Waals surface area contributed by atoms with E-state index in [0.29, 0.717) is 0 Å². The van der Waals surface area contributed by atoms with Gasteiger partial charge in [-0.05, 0) is 30.9 Å². The molecule has 1 saturated carbocycles. The van der Waals surface area contributed by atoms with Crippen molar-refractivity contribution in [3.8, 4) is 0 Å². The zero-order valence-corrected chi connectivity index (χ0v) is 7.77. The highest BCUT2D eigenvalue weighted by Gasteiger charge is 2.24.